The zero-order valence-electron chi connectivity index (χ0n) is 8.98. The number of carbonyl (C=O) groups excluding carboxylic acids is 1. The summed E-state index contributed by atoms with van der Waals surface area (Å²) in [5, 5.41) is 0. The SMILES string of the molecule is CCCCOC(=O)C=Cc1ccccc1. The molecule has 2 heteroatoms. The first kappa shape index (κ1) is 11.5. The summed E-state index contributed by atoms with van der Waals surface area (Å²) in [6.07, 6.45) is 5.18. The zero-order chi connectivity index (χ0) is 10.9. The number of hydrogen-bond donors (Lipinski definition) is 0. The lowest BCUT2D eigenvalue weighted by Crippen LogP contribution is -2.01. The van der Waals surface area contributed by atoms with Crippen molar-refractivity contribution >= 4 is 12.0 Å². The molecule has 80 valence electrons. The van der Waals surface area contributed by atoms with Crippen LogP contribution in [-0.4, -0.2) is 12.6 Å². The van der Waals surface area contributed by atoms with Gasteiger partial charge in [-0.25, -0.2) is 4.79 Å². The van der Waals surface area contributed by atoms with E-state index in [9.17, 15) is 4.79 Å². The Morgan fingerprint density at radius 2 is 2.07 bits per heavy atom. The highest BCUT2D eigenvalue weighted by molar-refractivity contribution is 5.86. The number of unbranched alkanes of at least 4 members (excludes halogenated alkanes) is 1. The maximum absolute atomic E-state index is 11.2. The quantitative estimate of drug-likeness (QED) is 0.418. The Kier molecular flexibility index (Phi) is 5.23. The summed E-state index contributed by atoms with van der Waals surface area (Å²) in [5.74, 6) is -0.271. The molecule has 2 nitrogen and oxygen atoms in total. The summed E-state index contributed by atoms with van der Waals surface area (Å²) in [7, 11) is 0. The van der Waals surface area contributed by atoms with E-state index in [-0.39, 0.29) is 5.97 Å². The third-order valence-electron chi connectivity index (χ3n) is 1.95. The predicted octanol–water partition coefficient (Wildman–Crippen LogP) is 3.04. The maximum Gasteiger partial charge on any atom is 0.330 e. The molecule has 0 bridgehead atoms. The Labute approximate surface area is 90.6 Å². The summed E-state index contributed by atoms with van der Waals surface area (Å²) in [5.41, 5.74) is 1.00. The van der Waals surface area contributed by atoms with Crippen molar-refractivity contribution in [1.82, 2.24) is 0 Å². The van der Waals surface area contributed by atoms with Gasteiger partial charge in [0.05, 0.1) is 6.61 Å². The van der Waals surface area contributed by atoms with Crippen molar-refractivity contribution in [2.45, 2.75) is 19.8 Å². The van der Waals surface area contributed by atoms with E-state index in [0.29, 0.717) is 6.61 Å². The monoisotopic (exact) mass is 204 g/mol. The van der Waals surface area contributed by atoms with Gasteiger partial charge in [-0.15, -0.1) is 0 Å². The van der Waals surface area contributed by atoms with Crippen LogP contribution >= 0.6 is 0 Å². The molecule has 0 saturated carbocycles. The fourth-order valence-electron chi connectivity index (χ4n) is 1.09. The molecule has 0 atom stereocenters. The van der Waals surface area contributed by atoms with Crippen LogP contribution in [0.15, 0.2) is 36.4 Å². The standard InChI is InChI=1S/C13H16O2/c1-2-3-11-15-13(14)10-9-12-7-5-4-6-8-12/h4-10H,2-3,11H2,1H3. The van der Waals surface area contributed by atoms with Crippen molar-refractivity contribution in [1.29, 1.82) is 0 Å². The summed E-state index contributed by atoms with van der Waals surface area (Å²) in [4.78, 5) is 11.2. The molecule has 0 spiro atoms. The van der Waals surface area contributed by atoms with Gasteiger partial charge in [0.2, 0.25) is 0 Å². The van der Waals surface area contributed by atoms with Gasteiger partial charge in [-0.1, -0.05) is 43.7 Å². The van der Waals surface area contributed by atoms with Crippen LogP contribution in [0.1, 0.15) is 25.3 Å². The lowest BCUT2D eigenvalue weighted by atomic mass is 10.2. The van der Waals surface area contributed by atoms with Crippen LogP contribution in [0.25, 0.3) is 6.08 Å². The minimum absolute atomic E-state index is 0.271. The van der Waals surface area contributed by atoms with Crippen molar-refractivity contribution in [3.05, 3.63) is 42.0 Å². The van der Waals surface area contributed by atoms with Crippen molar-refractivity contribution in [2.75, 3.05) is 6.61 Å². The minimum Gasteiger partial charge on any atom is -0.463 e. The average molecular weight is 204 g/mol. The highest BCUT2D eigenvalue weighted by Crippen LogP contribution is 2.01. The zero-order valence-corrected chi connectivity index (χ0v) is 8.98. The van der Waals surface area contributed by atoms with Crippen molar-refractivity contribution in [2.24, 2.45) is 0 Å². The Hall–Kier alpha value is -1.57. The number of carbonyl (C=O) groups is 1. The number of esters is 1. The molecule has 0 unspecified atom stereocenters. The molecule has 0 N–H and O–H groups in total. The Bertz CT molecular complexity index is 315. The first-order valence-electron chi connectivity index (χ1n) is 5.23. The second kappa shape index (κ2) is 6.82. The van der Waals surface area contributed by atoms with Crippen LogP contribution in [0.5, 0.6) is 0 Å². The average Bonchev–Trinajstić information content (AvgIpc) is 2.28. The van der Waals surface area contributed by atoms with Crippen LogP contribution in [-0.2, 0) is 9.53 Å². The topological polar surface area (TPSA) is 26.3 Å². The van der Waals surface area contributed by atoms with Crippen molar-refractivity contribution < 1.29 is 9.53 Å². The molecule has 0 fully saturated rings. The summed E-state index contributed by atoms with van der Waals surface area (Å²) in [6.45, 7) is 2.57. The maximum atomic E-state index is 11.2. The first-order valence-corrected chi connectivity index (χ1v) is 5.23. The Morgan fingerprint density at radius 3 is 2.73 bits per heavy atom. The molecule has 1 aromatic carbocycles. The van der Waals surface area contributed by atoms with Gasteiger partial charge in [0, 0.05) is 6.08 Å². The second-order valence-corrected chi connectivity index (χ2v) is 3.27. The molecule has 0 heterocycles. The molecular formula is C13H16O2. The molecule has 15 heavy (non-hydrogen) atoms. The number of rotatable bonds is 5. The van der Waals surface area contributed by atoms with Gasteiger partial charge in [-0.2, -0.15) is 0 Å². The van der Waals surface area contributed by atoms with E-state index in [2.05, 4.69) is 6.92 Å². The van der Waals surface area contributed by atoms with Gasteiger partial charge in [-0.05, 0) is 18.1 Å². The first-order chi connectivity index (χ1) is 7.33. The molecule has 0 aliphatic rings. The smallest absolute Gasteiger partial charge is 0.330 e. The fraction of sp³-hybridized carbons (Fsp3) is 0.308. The van der Waals surface area contributed by atoms with E-state index in [1.807, 2.05) is 30.3 Å². The molecule has 1 rings (SSSR count). The van der Waals surface area contributed by atoms with E-state index >= 15 is 0 Å². The highest BCUT2D eigenvalue weighted by Gasteiger charge is 1.95. The van der Waals surface area contributed by atoms with Gasteiger partial charge in [0.25, 0.3) is 0 Å². The van der Waals surface area contributed by atoms with Gasteiger partial charge >= 0.3 is 5.97 Å². The minimum atomic E-state index is -0.271. The third-order valence-corrected chi connectivity index (χ3v) is 1.95. The largest absolute Gasteiger partial charge is 0.463 e. The molecule has 1 aromatic rings. The second-order valence-electron chi connectivity index (χ2n) is 3.27. The van der Waals surface area contributed by atoms with Crippen LogP contribution in [0.4, 0.5) is 0 Å². The fourth-order valence-corrected chi connectivity index (χ4v) is 1.09. The predicted molar refractivity (Wildman–Crippen MR) is 61.3 cm³/mol. The molecule has 0 aromatic heterocycles. The molecule has 0 radical (unpaired) electrons. The highest BCUT2D eigenvalue weighted by atomic mass is 16.5. The van der Waals surface area contributed by atoms with Crippen molar-refractivity contribution in [3.8, 4) is 0 Å². The van der Waals surface area contributed by atoms with Crippen LogP contribution in [0.3, 0.4) is 0 Å². The van der Waals surface area contributed by atoms with Gasteiger partial charge in [0.1, 0.15) is 0 Å². The number of hydrogen-bond acceptors (Lipinski definition) is 2. The Balaban J connectivity index is 2.34. The molecule has 0 aliphatic heterocycles. The van der Waals surface area contributed by atoms with Crippen LogP contribution in [0.2, 0.25) is 0 Å². The normalized spacial score (nSPS) is 10.5. The van der Waals surface area contributed by atoms with E-state index < -0.39 is 0 Å². The molecular weight excluding hydrogens is 188 g/mol. The molecule has 0 amide bonds. The van der Waals surface area contributed by atoms with Crippen LogP contribution < -0.4 is 0 Å². The lowest BCUT2D eigenvalue weighted by Gasteiger charge is -1.98. The summed E-state index contributed by atoms with van der Waals surface area (Å²) >= 11 is 0. The van der Waals surface area contributed by atoms with Crippen molar-refractivity contribution in [3.63, 3.8) is 0 Å². The van der Waals surface area contributed by atoms with E-state index in [1.165, 1.54) is 6.08 Å². The van der Waals surface area contributed by atoms with E-state index in [0.717, 1.165) is 18.4 Å². The molecule has 0 aliphatic carbocycles. The lowest BCUT2D eigenvalue weighted by molar-refractivity contribution is -0.137. The molecule has 0 saturated heterocycles. The van der Waals surface area contributed by atoms with E-state index in [4.69, 9.17) is 4.74 Å². The van der Waals surface area contributed by atoms with E-state index in [1.54, 1.807) is 6.08 Å². The van der Waals surface area contributed by atoms with Gasteiger partial charge in [-0.3, -0.25) is 0 Å². The third kappa shape index (κ3) is 5.01. The summed E-state index contributed by atoms with van der Waals surface area (Å²) in [6, 6.07) is 9.69. The Morgan fingerprint density at radius 1 is 1.33 bits per heavy atom. The van der Waals surface area contributed by atoms with Gasteiger partial charge < -0.3 is 4.74 Å². The number of ether oxygens (including phenoxy) is 1. The summed E-state index contributed by atoms with van der Waals surface area (Å²) < 4.78 is 4.98. The van der Waals surface area contributed by atoms with Crippen LogP contribution in [0, 0.1) is 0 Å². The van der Waals surface area contributed by atoms with Gasteiger partial charge in [0.15, 0.2) is 0 Å². The number of benzene rings is 1.